The molecule has 6 heteroatoms. The van der Waals surface area contributed by atoms with E-state index >= 15 is 0 Å². The maximum Gasteiger partial charge on any atom is 0.195 e. The summed E-state index contributed by atoms with van der Waals surface area (Å²) >= 11 is 1.69. The molecular formula is C19H21N3O2S. The van der Waals surface area contributed by atoms with E-state index in [1.54, 1.807) is 11.3 Å². The maximum absolute atomic E-state index is 11.8. The van der Waals surface area contributed by atoms with Crippen LogP contribution >= 0.6 is 11.3 Å². The molecule has 0 unspecified atom stereocenters. The summed E-state index contributed by atoms with van der Waals surface area (Å²) in [5.74, 6) is 0.827. The molecule has 0 N–H and O–H groups in total. The highest BCUT2D eigenvalue weighted by Gasteiger charge is 2.24. The molecular weight excluding hydrogens is 334 g/mol. The zero-order chi connectivity index (χ0) is 17.6. The molecule has 0 aliphatic carbocycles. The van der Waals surface area contributed by atoms with Crippen molar-refractivity contribution < 1.29 is 9.53 Å². The van der Waals surface area contributed by atoms with Crippen molar-refractivity contribution in [2.45, 2.75) is 32.9 Å². The van der Waals surface area contributed by atoms with Crippen molar-refractivity contribution in [1.29, 1.82) is 0 Å². The molecule has 0 atom stereocenters. The van der Waals surface area contributed by atoms with Gasteiger partial charge in [-0.3, -0.25) is 9.20 Å². The zero-order valence-corrected chi connectivity index (χ0v) is 15.5. The monoisotopic (exact) mass is 355 g/mol. The molecule has 1 aliphatic heterocycles. The molecule has 4 rings (SSSR count). The third-order valence-corrected chi connectivity index (χ3v) is 5.51. The van der Waals surface area contributed by atoms with E-state index in [2.05, 4.69) is 11.9 Å². The van der Waals surface area contributed by atoms with Crippen LogP contribution < -0.4 is 4.74 Å². The molecule has 0 spiro atoms. The van der Waals surface area contributed by atoms with Gasteiger partial charge in [0.1, 0.15) is 17.1 Å². The standard InChI is InChI=1S/C19H21N3O2S/c1-12(2)24-14-6-4-13(5-7-14)18-16(11-23)22-15-8-9-21(3)10-17(15)25-19(22)20-18/h4-7,11-12H,8-10H2,1-3H3. The molecule has 0 fully saturated rings. The first-order valence-corrected chi connectivity index (χ1v) is 9.32. The highest BCUT2D eigenvalue weighted by molar-refractivity contribution is 7.17. The molecule has 0 radical (unpaired) electrons. The lowest BCUT2D eigenvalue weighted by molar-refractivity contribution is 0.111. The predicted octanol–water partition coefficient (Wildman–Crippen LogP) is 3.65. The molecule has 0 saturated heterocycles. The van der Waals surface area contributed by atoms with E-state index in [1.807, 2.05) is 42.5 Å². The molecule has 1 aliphatic rings. The molecule has 25 heavy (non-hydrogen) atoms. The number of thiazole rings is 1. The molecule has 3 heterocycles. The number of hydrogen-bond donors (Lipinski definition) is 0. The summed E-state index contributed by atoms with van der Waals surface area (Å²) in [5.41, 5.74) is 3.57. The van der Waals surface area contributed by atoms with Crippen LogP contribution in [0.2, 0.25) is 0 Å². The summed E-state index contributed by atoms with van der Waals surface area (Å²) in [6, 6.07) is 7.80. The lowest BCUT2D eigenvalue weighted by Gasteiger charge is -2.21. The second-order valence-corrected chi connectivity index (χ2v) is 7.79. The Balaban J connectivity index is 1.78. The fourth-order valence-electron chi connectivity index (χ4n) is 3.32. The third kappa shape index (κ3) is 2.85. The van der Waals surface area contributed by atoms with Gasteiger partial charge in [0.25, 0.3) is 0 Å². The van der Waals surface area contributed by atoms with Gasteiger partial charge in [0, 0.05) is 35.6 Å². The summed E-state index contributed by atoms with van der Waals surface area (Å²) in [4.78, 5) is 21.1. The van der Waals surface area contributed by atoms with Gasteiger partial charge >= 0.3 is 0 Å². The zero-order valence-electron chi connectivity index (χ0n) is 14.7. The van der Waals surface area contributed by atoms with Crippen LogP contribution in [0, 0.1) is 0 Å². The second-order valence-electron chi connectivity index (χ2n) is 6.73. The minimum absolute atomic E-state index is 0.138. The SMILES string of the molecule is CC(C)Oc1ccc(-c2nc3sc4c(n3c2C=O)CCN(C)C4)cc1. The van der Waals surface area contributed by atoms with Crippen LogP contribution in [0.4, 0.5) is 0 Å². The van der Waals surface area contributed by atoms with Crippen molar-refractivity contribution in [1.82, 2.24) is 14.3 Å². The van der Waals surface area contributed by atoms with Gasteiger partial charge in [0.05, 0.1) is 6.10 Å². The number of rotatable bonds is 4. The number of imidazole rings is 1. The fourth-order valence-corrected chi connectivity index (χ4v) is 4.57. The quantitative estimate of drug-likeness (QED) is 0.670. The van der Waals surface area contributed by atoms with E-state index in [9.17, 15) is 4.79 Å². The lowest BCUT2D eigenvalue weighted by atomic mass is 10.1. The normalized spacial score (nSPS) is 14.9. The number of fused-ring (bicyclic) bond motifs is 3. The maximum atomic E-state index is 11.8. The van der Waals surface area contributed by atoms with Crippen LogP contribution in [0.15, 0.2) is 24.3 Å². The summed E-state index contributed by atoms with van der Waals surface area (Å²) < 4.78 is 7.74. The Morgan fingerprint density at radius 3 is 2.72 bits per heavy atom. The molecule has 2 aromatic heterocycles. The molecule has 0 amide bonds. The first-order chi connectivity index (χ1) is 12.1. The molecule has 5 nitrogen and oxygen atoms in total. The van der Waals surface area contributed by atoms with Gasteiger partial charge in [-0.25, -0.2) is 4.98 Å². The number of carbonyl (C=O) groups is 1. The largest absolute Gasteiger partial charge is 0.491 e. The Labute approximate surface area is 150 Å². The Morgan fingerprint density at radius 2 is 2.04 bits per heavy atom. The lowest BCUT2D eigenvalue weighted by Crippen LogP contribution is -2.26. The van der Waals surface area contributed by atoms with Crippen LogP contribution in [-0.4, -0.2) is 40.3 Å². The van der Waals surface area contributed by atoms with Crippen LogP contribution in [0.1, 0.15) is 34.9 Å². The molecule has 3 aromatic rings. The summed E-state index contributed by atoms with van der Waals surface area (Å²) in [5, 5.41) is 0. The van der Waals surface area contributed by atoms with Gasteiger partial charge in [0.2, 0.25) is 0 Å². The van der Waals surface area contributed by atoms with Crippen molar-refractivity contribution in [2.24, 2.45) is 0 Å². The fraction of sp³-hybridized carbons (Fsp3) is 0.368. The Morgan fingerprint density at radius 1 is 1.28 bits per heavy atom. The van der Waals surface area contributed by atoms with Crippen LogP contribution in [0.5, 0.6) is 5.75 Å². The van der Waals surface area contributed by atoms with Crippen molar-refractivity contribution in [3.05, 3.63) is 40.5 Å². The van der Waals surface area contributed by atoms with Crippen LogP contribution in [0.3, 0.4) is 0 Å². The number of likely N-dealkylation sites (N-methyl/N-ethyl adjacent to an activating group) is 1. The number of carbonyl (C=O) groups excluding carboxylic acids is 1. The number of ether oxygens (including phenoxy) is 1. The van der Waals surface area contributed by atoms with Crippen molar-refractivity contribution >= 4 is 22.6 Å². The molecule has 0 saturated carbocycles. The number of nitrogens with zero attached hydrogens (tertiary/aromatic N) is 3. The van der Waals surface area contributed by atoms with Crippen molar-refractivity contribution in [3.8, 4) is 17.0 Å². The molecule has 1 aromatic carbocycles. The van der Waals surface area contributed by atoms with Gasteiger partial charge < -0.3 is 9.64 Å². The van der Waals surface area contributed by atoms with Crippen LogP contribution in [-0.2, 0) is 13.0 Å². The highest BCUT2D eigenvalue weighted by Crippen LogP contribution is 2.33. The van der Waals surface area contributed by atoms with E-state index in [1.165, 1.54) is 10.6 Å². The smallest absolute Gasteiger partial charge is 0.195 e. The highest BCUT2D eigenvalue weighted by atomic mass is 32.1. The number of aldehydes is 1. The predicted molar refractivity (Wildman–Crippen MR) is 99.7 cm³/mol. The van der Waals surface area contributed by atoms with Gasteiger partial charge in [-0.15, -0.1) is 0 Å². The Kier molecular flexibility index (Phi) is 4.09. The first-order valence-electron chi connectivity index (χ1n) is 8.50. The second kappa shape index (κ2) is 6.28. The third-order valence-electron chi connectivity index (χ3n) is 4.44. The van der Waals surface area contributed by atoms with E-state index < -0.39 is 0 Å². The van der Waals surface area contributed by atoms with Gasteiger partial charge in [-0.2, -0.15) is 0 Å². The summed E-state index contributed by atoms with van der Waals surface area (Å²) in [6.45, 7) is 5.94. The average Bonchev–Trinajstić information content (AvgIpc) is 3.09. The number of aromatic nitrogens is 2. The minimum Gasteiger partial charge on any atom is -0.491 e. The number of hydrogen-bond acceptors (Lipinski definition) is 5. The Hall–Kier alpha value is -2.18. The van der Waals surface area contributed by atoms with E-state index in [0.29, 0.717) is 5.69 Å². The van der Waals surface area contributed by atoms with Gasteiger partial charge in [-0.1, -0.05) is 11.3 Å². The van der Waals surface area contributed by atoms with E-state index in [0.717, 1.165) is 47.8 Å². The van der Waals surface area contributed by atoms with Crippen LogP contribution in [0.25, 0.3) is 16.2 Å². The van der Waals surface area contributed by atoms with Gasteiger partial charge in [-0.05, 0) is 45.2 Å². The van der Waals surface area contributed by atoms with Crippen molar-refractivity contribution in [2.75, 3.05) is 13.6 Å². The van der Waals surface area contributed by atoms with E-state index in [4.69, 9.17) is 9.72 Å². The van der Waals surface area contributed by atoms with E-state index in [-0.39, 0.29) is 6.10 Å². The summed E-state index contributed by atoms with van der Waals surface area (Å²) in [6.07, 6.45) is 2.02. The average molecular weight is 355 g/mol. The Bertz CT molecular complexity index is 924. The van der Waals surface area contributed by atoms with Crippen molar-refractivity contribution in [3.63, 3.8) is 0 Å². The topological polar surface area (TPSA) is 46.8 Å². The van der Waals surface area contributed by atoms with Gasteiger partial charge in [0.15, 0.2) is 11.2 Å². The molecule has 0 bridgehead atoms. The summed E-state index contributed by atoms with van der Waals surface area (Å²) in [7, 11) is 2.12. The first kappa shape index (κ1) is 16.3. The molecule has 130 valence electrons. The number of benzene rings is 1. The minimum atomic E-state index is 0.138.